The zero-order valence-electron chi connectivity index (χ0n) is 16.8. The second kappa shape index (κ2) is 9.08. The quantitative estimate of drug-likeness (QED) is 0.489. The van der Waals surface area contributed by atoms with E-state index < -0.39 is 26.5 Å². The molecule has 2 aromatic carbocycles. The molecule has 1 aromatic heterocycles. The largest absolute Gasteiger partial charge is 0.492 e. The number of aromatic nitrogens is 2. The minimum Gasteiger partial charge on any atom is -0.492 e. The van der Waals surface area contributed by atoms with Gasteiger partial charge >= 0.3 is 0 Å². The van der Waals surface area contributed by atoms with Crippen molar-refractivity contribution >= 4 is 65.3 Å². The number of nitrogens with zero attached hydrogens (tertiary/aromatic N) is 2. The molecular weight excluding hydrogens is 479 g/mol. The molecule has 0 aliphatic carbocycles. The number of halogens is 2. The van der Waals surface area contributed by atoms with E-state index in [1.165, 1.54) is 24.5 Å². The molecule has 8 nitrogen and oxygen atoms in total. The molecule has 1 aliphatic heterocycles. The van der Waals surface area contributed by atoms with Gasteiger partial charge in [-0.3, -0.25) is 4.79 Å². The Kier molecular flexibility index (Phi) is 6.40. The van der Waals surface area contributed by atoms with Crippen molar-refractivity contribution in [1.82, 2.24) is 9.97 Å². The highest BCUT2D eigenvalue weighted by Crippen LogP contribution is 2.35. The van der Waals surface area contributed by atoms with Gasteiger partial charge in [0.25, 0.3) is 0 Å². The van der Waals surface area contributed by atoms with Crippen LogP contribution < -0.4 is 15.4 Å². The average Bonchev–Trinajstić information content (AvgIpc) is 3.12. The molecule has 2 N–H and O–H groups in total. The number of benzene rings is 2. The van der Waals surface area contributed by atoms with Crippen molar-refractivity contribution in [1.29, 1.82) is 0 Å². The lowest BCUT2D eigenvalue weighted by Crippen LogP contribution is -2.25. The number of carbonyl (C=O) groups excluding carboxylic acids is 1. The number of nitrogens with one attached hydrogen (secondary N) is 2. The van der Waals surface area contributed by atoms with Gasteiger partial charge in [0, 0.05) is 22.9 Å². The van der Waals surface area contributed by atoms with Crippen LogP contribution in [-0.2, 0) is 13.7 Å². The van der Waals surface area contributed by atoms with E-state index in [0.29, 0.717) is 40.5 Å². The highest BCUT2D eigenvalue weighted by molar-refractivity contribution is 8.72. The molecule has 1 unspecified atom stereocenters. The topological polar surface area (TPSA) is 110 Å². The van der Waals surface area contributed by atoms with Crippen molar-refractivity contribution in [2.24, 2.45) is 5.92 Å². The summed E-state index contributed by atoms with van der Waals surface area (Å²) in [4.78, 5) is 21.2. The standard InChI is InChI=1S/C20H18ClFN4O4S2/c1-2-30-18-7-16-13(6-17(18)26-20(27)11-8-31-32(28,29)9-11)19(24-10-23-16)25-12-3-4-15(22)14(21)5-12/h3-7,10-11H,2,8-9H2,1H3,(H,26,27)(H,23,24,25). The molecule has 1 amide bonds. The first-order valence-electron chi connectivity index (χ1n) is 9.57. The zero-order valence-corrected chi connectivity index (χ0v) is 19.2. The molecule has 2 heterocycles. The summed E-state index contributed by atoms with van der Waals surface area (Å²) in [5.74, 6) is -0.790. The van der Waals surface area contributed by atoms with Gasteiger partial charge in [0.05, 0.1) is 34.5 Å². The maximum atomic E-state index is 13.5. The molecule has 1 saturated heterocycles. The van der Waals surface area contributed by atoms with Crippen LogP contribution in [0, 0.1) is 11.7 Å². The van der Waals surface area contributed by atoms with Gasteiger partial charge in [-0.15, -0.1) is 0 Å². The number of anilines is 3. The summed E-state index contributed by atoms with van der Waals surface area (Å²) in [5.41, 5.74) is 1.44. The third-order valence-corrected chi connectivity index (χ3v) is 8.59. The lowest BCUT2D eigenvalue weighted by atomic mass is 10.1. The number of rotatable bonds is 6. The summed E-state index contributed by atoms with van der Waals surface area (Å²) in [5, 5.41) is 6.39. The molecule has 32 heavy (non-hydrogen) atoms. The maximum absolute atomic E-state index is 13.5. The van der Waals surface area contributed by atoms with Gasteiger partial charge in [0.1, 0.15) is 23.7 Å². The fraction of sp³-hybridized carbons (Fsp3) is 0.250. The van der Waals surface area contributed by atoms with Gasteiger partial charge in [0.2, 0.25) is 14.8 Å². The fourth-order valence-corrected chi connectivity index (χ4v) is 6.91. The van der Waals surface area contributed by atoms with E-state index in [9.17, 15) is 17.6 Å². The lowest BCUT2D eigenvalue weighted by Gasteiger charge is -2.16. The van der Waals surface area contributed by atoms with Gasteiger partial charge in [-0.25, -0.2) is 22.8 Å². The molecule has 4 rings (SSSR count). The van der Waals surface area contributed by atoms with Gasteiger partial charge in [-0.2, -0.15) is 0 Å². The summed E-state index contributed by atoms with van der Waals surface area (Å²) in [6.07, 6.45) is 1.37. The minimum absolute atomic E-state index is 0.0377. The van der Waals surface area contributed by atoms with E-state index in [2.05, 4.69) is 20.6 Å². The molecule has 0 radical (unpaired) electrons. The highest BCUT2D eigenvalue weighted by atomic mass is 35.5. The van der Waals surface area contributed by atoms with E-state index in [0.717, 1.165) is 10.8 Å². The first-order valence-corrected chi connectivity index (χ1v) is 13.1. The van der Waals surface area contributed by atoms with E-state index in [4.69, 9.17) is 16.3 Å². The van der Waals surface area contributed by atoms with Crippen LogP contribution in [0.15, 0.2) is 36.7 Å². The molecule has 0 spiro atoms. The normalized spacial score (nSPS) is 17.3. The van der Waals surface area contributed by atoms with E-state index in [1.54, 1.807) is 19.1 Å². The molecule has 1 fully saturated rings. The van der Waals surface area contributed by atoms with Crippen LogP contribution in [0.1, 0.15) is 6.92 Å². The molecule has 1 aliphatic rings. The first-order chi connectivity index (χ1) is 15.3. The molecule has 0 bridgehead atoms. The number of carbonyl (C=O) groups is 1. The maximum Gasteiger partial charge on any atom is 0.229 e. The Hall–Kier alpha value is -2.63. The smallest absolute Gasteiger partial charge is 0.229 e. The minimum atomic E-state index is -3.28. The summed E-state index contributed by atoms with van der Waals surface area (Å²) in [6, 6.07) is 7.51. The van der Waals surface area contributed by atoms with Crippen molar-refractivity contribution in [2.75, 3.05) is 28.7 Å². The van der Waals surface area contributed by atoms with Crippen LogP contribution in [-0.4, -0.2) is 42.4 Å². The Morgan fingerprint density at radius 3 is 2.81 bits per heavy atom. The number of fused-ring (bicyclic) bond motifs is 1. The van der Waals surface area contributed by atoms with Gasteiger partial charge < -0.3 is 15.4 Å². The van der Waals surface area contributed by atoms with Gasteiger partial charge in [-0.05, 0) is 42.0 Å². The van der Waals surface area contributed by atoms with Crippen molar-refractivity contribution in [3.05, 3.63) is 47.5 Å². The third kappa shape index (κ3) is 4.89. The molecule has 12 heteroatoms. The zero-order chi connectivity index (χ0) is 22.9. The monoisotopic (exact) mass is 496 g/mol. The SMILES string of the molecule is CCOc1cc2ncnc(Nc3ccc(F)c(Cl)c3)c2cc1NC(=O)C1CSS(=O)(=O)C1. The summed E-state index contributed by atoms with van der Waals surface area (Å²) >= 11 is 5.86. The van der Waals surface area contributed by atoms with E-state index in [-0.39, 0.29) is 16.5 Å². The predicted octanol–water partition coefficient (Wildman–Crippen LogP) is 4.20. The van der Waals surface area contributed by atoms with Gasteiger partial charge in [-0.1, -0.05) is 11.6 Å². The van der Waals surface area contributed by atoms with Crippen molar-refractivity contribution in [2.45, 2.75) is 6.92 Å². The third-order valence-electron chi connectivity index (χ3n) is 4.70. The summed E-state index contributed by atoms with van der Waals surface area (Å²) in [6.45, 7) is 2.16. The molecule has 3 aromatic rings. The van der Waals surface area contributed by atoms with Crippen LogP contribution in [0.25, 0.3) is 10.9 Å². The summed E-state index contributed by atoms with van der Waals surface area (Å²) < 4.78 is 42.5. The summed E-state index contributed by atoms with van der Waals surface area (Å²) in [7, 11) is -2.50. The van der Waals surface area contributed by atoms with Crippen molar-refractivity contribution in [3.8, 4) is 5.75 Å². The molecule has 1 atom stereocenters. The predicted molar refractivity (Wildman–Crippen MR) is 124 cm³/mol. The Balaban J connectivity index is 1.69. The van der Waals surface area contributed by atoms with Gasteiger partial charge in [0.15, 0.2) is 0 Å². The Bertz CT molecular complexity index is 1310. The van der Waals surface area contributed by atoms with Crippen molar-refractivity contribution < 1.29 is 22.3 Å². The Morgan fingerprint density at radius 2 is 2.12 bits per heavy atom. The Morgan fingerprint density at radius 1 is 1.31 bits per heavy atom. The highest BCUT2D eigenvalue weighted by Gasteiger charge is 2.34. The lowest BCUT2D eigenvalue weighted by molar-refractivity contribution is -0.118. The number of hydrogen-bond acceptors (Lipinski definition) is 8. The van der Waals surface area contributed by atoms with Crippen LogP contribution >= 0.6 is 22.4 Å². The Labute approximate surface area is 192 Å². The number of hydrogen-bond donors (Lipinski definition) is 2. The second-order valence-electron chi connectivity index (χ2n) is 6.97. The van der Waals surface area contributed by atoms with Crippen LogP contribution in [0.5, 0.6) is 5.75 Å². The van der Waals surface area contributed by atoms with Crippen molar-refractivity contribution in [3.63, 3.8) is 0 Å². The van der Waals surface area contributed by atoms with Crippen LogP contribution in [0.2, 0.25) is 5.02 Å². The van der Waals surface area contributed by atoms with Crippen LogP contribution in [0.3, 0.4) is 0 Å². The molecule has 168 valence electrons. The first kappa shape index (κ1) is 22.6. The average molecular weight is 497 g/mol. The van der Waals surface area contributed by atoms with E-state index in [1.807, 2.05) is 0 Å². The molecular formula is C20H18ClFN4O4S2. The second-order valence-corrected chi connectivity index (χ2v) is 11.6. The fourth-order valence-electron chi connectivity index (χ4n) is 3.18. The molecule has 0 saturated carbocycles. The van der Waals surface area contributed by atoms with Crippen LogP contribution in [0.4, 0.5) is 21.6 Å². The number of amides is 1. The number of ether oxygens (including phenoxy) is 1. The van der Waals surface area contributed by atoms with E-state index >= 15 is 0 Å².